The summed E-state index contributed by atoms with van der Waals surface area (Å²) in [5.74, 6) is 13.2. The van der Waals surface area contributed by atoms with Gasteiger partial charge in [-0.1, -0.05) is 284 Å². The highest BCUT2D eigenvalue weighted by atomic mass is 32.2. The number of sulfone groups is 1. The Morgan fingerprint density at radius 2 is 0.710 bits per heavy atom. The number of nitrogens with zero attached hydrogens (tertiary/aromatic N) is 2. The fraction of sp³-hybridized carbons (Fsp3) is 1.00. The SMILES string of the molecule is CC(C)(C)C1CC(C(C)(C)C)S(=O)(=O)C1.CC(C)(C)C1CCC(C(C)(C)C)OC1.CC(C)(C)C1CCC(C(C)(C)C)SC1.CC(C)(C)C1COC(C(C)(C)C)C1.CC(C)(C)C1COCC(C(C)(C)C)C1.CC(C)(C)C1CSCC(C(C)(C)C)C1.CC(C)C1CN(C(C)(C)C)C1.CC(C)N1CCC(C(C)(C)C)C1. The monoisotopic (exact) mass is 1570 g/mol. The Kier molecular flexibility index (Phi) is 40.2. The molecule has 8 aliphatic heterocycles. The van der Waals surface area contributed by atoms with E-state index in [4.69, 9.17) is 14.2 Å². The molecule has 0 aliphatic carbocycles. The van der Waals surface area contributed by atoms with Crippen molar-refractivity contribution in [2.75, 3.05) is 75.6 Å². The number of hydrogen-bond acceptors (Lipinski definition) is 9. The van der Waals surface area contributed by atoms with E-state index in [0.29, 0.717) is 89.0 Å². The maximum atomic E-state index is 12.1. The molecule has 0 radical (unpaired) electrons. The Bertz CT molecular complexity index is 2360. The van der Waals surface area contributed by atoms with Gasteiger partial charge < -0.3 is 19.1 Å². The molecule has 0 N–H and O–H groups in total. The first-order valence-electron chi connectivity index (χ1n) is 44.0. The normalized spacial score (nSPS) is 29.5. The van der Waals surface area contributed by atoms with Gasteiger partial charge in [-0.2, -0.15) is 23.5 Å². The van der Waals surface area contributed by atoms with Crippen LogP contribution in [0, 0.1) is 135 Å². The number of thioether (sulfide) groups is 2. The van der Waals surface area contributed by atoms with Crippen molar-refractivity contribution in [3.8, 4) is 0 Å². The highest BCUT2D eigenvalue weighted by molar-refractivity contribution is 8.00. The summed E-state index contributed by atoms with van der Waals surface area (Å²) in [4.78, 5) is 5.15. The van der Waals surface area contributed by atoms with Gasteiger partial charge in [0.1, 0.15) is 0 Å². The molecule has 8 aliphatic rings. The quantitative estimate of drug-likeness (QED) is 0.269. The van der Waals surface area contributed by atoms with Crippen molar-refractivity contribution in [2.45, 2.75) is 411 Å². The second-order valence-corrected chi connectivity index (χ2v) is 56.0. The van der Waals surface area contributed by atoms with E-state index in [1.807, 2.05) is 20.8 Å². The van der Waals surface area contributed by atoms with Crippen molar-refractivity contribution >= 4 is 33.4 Å². The Labute approximate surface area is 682 Å². The second kappa shape index (κ2) is 40.7. The molecule has 10 heteroatoms. The lowest BCUT2D eigenvalue weighted by molar-refractivity contribution is -0.0908. The lowest BCUT2D eigenvalue weighted by atomic mass is 9.69. The number of hydrogen-bond donors (Lipinski definition) is 0. The van der Waals surface area contributed by atoms with E-state index in [1.165, 1.54) is 94.8 Å². The molecule has 7 nitrogen and oxygen atoms in total. The predicted molar refractivity (Wildman–Crippen MR) is 484 cm³/mol. The smallest absolute Gasteiger partial charge is 0.153 e. The molecule has 8 saturated heterocycles. The van der Waals surface area contributed by atoms with E-state index in [2.05, 4.69) is 331 Å². The van der Waals surface area contributed by atoms with E-state index < -0.39 is 9.84 Å². The number of likely N-dealkylation sites (tertiary alicyclic amines) is 2. The number of rotatable bonds is 2. The van der Waals surface area contributed by atoms with Crippen LogP contribution in [0.3, 0.4) is 0 Å². The summed E-state index contributed by atoms with van der Waals surface area (Å²) in [5, 5.41) is 0.718. The van der Waals surface area contributed by atoms with Gasteiger partial charge in [-0.05, 0) is 252 Å². The summed E-state index contributed by atoms with van der Waals surface area (Å²) in [5.41, 5.74) is 5.08. The Hall–Kier alpha value is 0.450. The van der Waals surface area contributed by atoms with Crippen LogP contribution in [0.15, 0.2) is 0 Å². The van der Waals surface area contributed by atoms with Gasteiger partial charge in [0.05, 0.1) is 36.4 Å². The fourth-order valence-electron chi connectivity index (χ4n) is 16.0. The molecule has 0 aromatic heterocycles. The first-order valence-corrected chi connectivity index (χ1v) is 47.9. The van der Waals surface area contributed by atoms with Gasteiger partial charge in [0, 0.05) is 49.7 Å². The molecule has 0 spiro atoms. The van der Waals surface area contributed by atoms with Gasteiger partial charge in [-0.25, -0.2) is 8.42 Å². The molecule has 13 unspecified atom stereocenters. The predicted octanol–water partition coefficient (Wildman–Crippen LogP) is 28.1. The molecular formula is C97H196N2O5S3. The molecule has 13 atom stereocenters. The molecule has 0 bridgehead atoms. The van der Waals surface area contributed by atoms with Crippen LogP contribution in [-0.4, -0.2) is 128 Å². The zero-order valence-electron chi connectivity index (χ0n) is 81.2. The molecule has 8 fully saturated rings. The largest absolute Gasteiger partial charge is 0.381 e. The summed E-state index contributed by atoms with van der Waals surface area (Å²) in [7, 11) is -2.88. The van der Waals surface area contributed by atoms with Crippen LogP contribution >= 0.6 is 23.5 Å². The highest BCUT2D eigenvalue weighted by Crippen LogP contribution is 2.49. The molecule has 107 heavy (non-hydrogen) atoms. The summed E-state index contributed by atoms with van der Waals surface area (Å²) < 4.78 is 41.7. The van der Waals surface area contributed by atoms with Gasteiger partial charge >= 0.3 is 0 Å². The van der Waals surface area contributed by atoms with Crippen molar-refractivity contribution in [3.63, 3.8) is 0 Å². The third kappa shape index (κ3) is 38.6. The van der Waals surface area contributed by atoms with Gasteiger partial charge in [-0.3, -0.25) is 4.90 Å². The van der Waals surface area contributed by atoms with Crippen molar-refractivity contribution in [1.29, 1.82) is 0 Å². The van der Waals surface area contributed by atoms with E-state index in [1.54, 1.807) is 0 Å². The standard InChI is InChI=1S/2C13H26O.2C13H26S.C12H24O2S.C12H24O.C11H23N.C10H21N/c1-12(2,3)10-7-11(9-14-8-10)13(4,5)6;1-12(2,3)10-7-8-11(14-9-10)13(4,5)6;1-12(2,3)10-7-11(9-14-8-10)13(4,5)6;1-12(2,3)10-7-8-11(14-9-10)13(4,5)6;1-11(2,3)9-7-10(12(4,5)6)15(13,14)8-9;1-11(2,3)9-7-10(13-8-9)12(4,5)6;1-9(2)12-7-6-10(8-12)11(3,4)5;1-8(2)9-6-11(7-9)10(3,4)5/h4*10-11H,7-9H2,1-6H3;9-10H,7-8H2,1-6H3;9-10H,7-8H2,1-6H3;9-10H,6-8H2,1-5H3;8-9H,6-7H2,1-5H3. The Morgan fingerprint density at radius 3 is 0.972 bits per heavy atom. The zero-order valence-corrected chi connectivity index (χ0v) is 83.7. The minimum atomic E-state index is -2.88. The van der Waals surface area contributed by atoms with Crippen molar-refractivity contribution in [3.05, 3.63) is 0 Å². The summed E-state index contributed by atoms with van der Waals surface area (Å²) in [6.45, 7) is 115. The molecule has 0 aromatic carbocycles. The summed E-state index contributed by atoms with van der Waals surface area (Å²) >= 11 is 4.37. The number of ether oxygens (including phenoxy) is 3. The third-order valence-corrected chi connectivity index (χ3v) is 32.8. The van der Waals surface area contributed by atoms with Crippen LogP contribution in [0.25, 0.3) is 0 Å². The fourth-order valence-corrected chi connectivity index (χ4v) is 22.9. The van der Waals surface area contributed by atoms with Crippen LogP contribution in [0.5, 0.6) is 0 Å². The summed E-state index contributed by atoms with van der Waals surface area (Å²) in [6.07, 6.45) is 12.5. The topological polar surface area (TPSA) is 68.3 Å². The minimum Gasteiger partial charge on any atom is -0.381 e. The minimum absolute atomic E-state index is 0.104. The molecule has 8 rings (SSSR count). The summed E-state index contributed by atoms with van der Waals surface area (Å²) in [6, 6.07) is 0.734. The lowest BCUT2D eigenvalue weighted by Crippen LogP contribution is -2.57. The first kappa shape index (κ1) is 105. The van der Waals surface area contributed by atoms with E-state index in [0.717, 1.165) is 103 Å². The molecule has 8 heterocycles. The van der Waals surface area contributed by atoms with Crippen molar-refractivity contribution in [1.82, 2.24) is 9.80 Å². The van der Waals surface area contributed by atoms with Crippen molar-refractivity contribution in [2.24, 2.45) is 135 Å². The van der Waals surface area contributed by atoms with Crippen LogP contribution < -0.4 is 0 Å². The molecule has 642 valence electrons. The van der Waals surface area contributed by atoms with Crippen molar-refractivity contribution < 1.29 is 22.6 Å². The highest BCUT2D eigenvalue weighted by Gasteiger charge is 2.49. The lowest BCUT2D eigenvalue weighted by Gasteiger charge is -2.49. The Balaban J connectivity index is 0.000000612. The van der Waals surface area contributed by atoms with Gasteiger partial charge in [0.15, 0.2) is 9.84 Å². The Morgan fingerprint density at radius 1 is 0.336 bits per heavy atom. The van der Waals surface area contributed by atoms with Crippen LogP contribution in [0.1, 0.15) is 376 Å². The third-order valence-electron chi connectivity index (χ3n) is 27.0. The van der Waals surface area contributed by atoms with Crippen LogP contribution in [-0.2, 0) is 24.0 Å². The van der Waals surface area contributed by atoms with E-state index in [-0.39, 0.29) is 16.1 Å². The van der Waals surface area contributed by atoms with E-state index in [9.17, 15) is 8.42 Å². The molecular weight excluding hydrogens is 1370 g/mol. The zero-order chi connectivity index (χ0) is 84.3. The molecule has 0 aromatic rings. The van der Waals surface area contributed by atoms with Gasteiger partial charge in [-0.15, -0.1) is 0 Å². The first-order chi connectivity index (χ1) is 47.3. The van der Waals surface area contributed by atoms with Crippen LogP contribution in [0.4, 0.5) is 0 Å². The van der Waals surface area contributed by atoms with Gasteiger partial charge in [0.25, 0.3) is 0 Å². The average Bonchev–Trinajstić information content (AvgIpc) is 1.60. The van der Waals surface area contributed by atoms with Gasteiger partial charge in [0.2, 0.25) is 0 Å². The molecule has 0 saturated carbocycles. The maximum Gasteiger partial charge on any atom is 0.153 e. The maximum absolute atomic E-state index is 12.1. The second-order valence-electron chi connectivity index (χ2n) is 51.4. The average molecular weight is 1570 g/mol. The van der Waals surface area contributed by atoms with Crippen LogP contribution in [0.2, 0.25) is 0 Å². The molecule has 0 amide bonds. The van der Waals surface area contributed by atoms with E-state index >= 15 is 0 Å².